The van der Waals surface area contributed by atoms with Crippen LogP contribution in [-0.4, -0.2) is 42.6 Å². The van der Waals surface area contributed by atoms with Crippen molar-refractivity contribution in [1.82, 2.24) is 4.90 Å². The molecule has 1 aliphatic heterocycles. The molecule has 1 fully saturated rings. The maximum atomic E-state index is 11.9. The lowest BCUT2D eigenvalue weighted by molar-refractivity contribution is -0.141. The van der Waals surface area contributed by atoms with Crippen molar-refractivity contribution in [3.63, 3.8) is 0 Å². The molecule has 2 N–H and O–H groups in total. The van der Waals surface area contributed by atoms with Gasteiger partial charge in [-0.25, -0.2) is 0 Å². The predicted octanol–water partition coefficient (Wildman–Crippen LogP) is 0.997. The largest absolute Gasteiger partial charge is 0.369 e. The molecule has 0 bridgehead atoms. The van der Waals surface area contributed by atoms with Crippen molar-refractivity contribution in [3.8, 4) is 0 Å². The number of nitrogens with zero attached hydrogens (tertiary/aromatic N) is 1. The predicted molar refractivity (Wildman–Crippen MR) is 64.0 cm³/mol. The second-order valence-electron chi connectivity index (χ2n) is 5.03. The number of ether oxygens (including phenoxy) is 1. The summed E-state index contributed by atoms with van der Waals surface area (Å²) in [4.78, 5) is 13.7. The zero-order valence-corrected chi connectivity index (χ0v) is 10.6. The minimum absolute atomic E-state index is 0.0803. The van der Waals surface area contributed by atoms with Crippen LogP contribution in [0.15, 0.2) is 0 Å². The molecule has 94 valence electrons. The van der Waals surface area contributed by atoms with Gasteiger partial charge in [0.2, 0.25) is 0 Å². The molecule has 1 aliphatic rings. The lowest BCUT2D eigenvalue weighted by atomic mass is 10.1. The van der Waals surface area contributed by atoms with E-state index in [2.05, 4.69) is 13.8 Å². The van der Waals surface area contributed by atoms with Gasteiger partial charge in [-0.2, -0.15) is 0 Å². The number of hydrogen-bond donors (Lipinski definition) is 1. The quantitative estimate of drug-likeness (QED) is 0.763. The van der Waals surface area contributed by atoms with E-state index in [4.69, 9.17) is 10.5 Å². The SMILES string of the molecule is CC(C)CCOC(C)C(=O)N1CC[C@@H](N)C1. The number of nitrogens with two attached hydrogens (primary N) is 1. The highest BCUT2D eigenvalue weighted by Crippen LogP contribution is 2.10. The smallest absolute Gasteiger partial charge is 0.251 e. The van der Waals surface area contributed by atoms with Gasteiger partial charge in [-0.3, -0.25) is 4.79 Å². The highest BCUT2D eigenvalue weighted by molar-refractivity contribution is 5.80. The van der Waals surface area contributed by atoms with Gasteiger partial charge in [-0.05, 0) is 25.7 Å². The third-order valence-electron chi connectivity index (χ3n) is 2.95. The second-order valence-corrected chi connectivity index (χ2v) is 5.03. The molecule has 0 saturated carbocycles. The Morgan fingerprint density at radius 3 is 2.69 bits per heavy atom. The van der Waals surface area contributed by atoms with Crippen molar-refractivity contribution in [2.45, 2.75) is 45.8 Å². The molecule has 0 radical (unpaired) electrons. The molecule has 1 heterocycles. The van der Waals surface area contributed by atoms with E-state index in [1.54, 1.807) is 0 Å². The molecule has 1 unspecified atom stereocenters. The van der Waals surface area contributed by atoms with E-state index in [0.29, 0.717) is 19.1 Å². The average Bonchev–Trinajstić information content (AvgIpc) is 2.63. The molecule has 0 aromatic heterocycles. The van der Waals surface area contributed by atoms with Crippen molar-refractivity contribution in [2.75, 3.05) is 19.7 Å². The summed E-state index contributed by atoms with van der Waals surface area (Å²) in [6.07, 6.45) is 1.57. The van der Waals surface area contributed by atoms with Crippen LogP contribution >= 0.6 is 0 Å². The van der Waals surface area contributed by atoms with Gasteiger partial charge < -0.3 is 15.4 Å². The highest BCUT2D eigenvalue weighted by atomic mass is 16.5. The summed E-state index contributed by atoms with van der Waals surface area (Å²) in [5.74, 6) is 0.694. The Morgan fingerprint density at radius 2 is 2.19 bits per heavy atom. The van der Waals surface area contributed by atoms with Crippen LogP contribution in [0.25, 0.3) is 0 Å². The summed E-state index contributed by atoms with van der Waals surface area (Å²) >= 11 is 0. The summed E-state index contributed by atoms with van der Waals surface area (Å²) in [5.41, 5.74) is 5.77. The number of carbonyl (C=O) groups excluding carboxylic acids is 1. The average molecular weight is 228 g/mol. The molecule has 0 aliphatic carbocycles. The van der Waals surface area contributed by atoms with Crippen LogP contribution < -0.4 is 5.73 Å². The molecule has 0 aromatic rings. The molecule has 0 spiro atoms. The topological polar surface area (TPSA) is 55.6 Å². The van der Waals surface area contributed by atoms with Crippen molar-refractivity contribution < 1.29 is 9.53 Å². The lowest BCUT2D eigenvalue weighted by Gasteiger charge is -2.21. The third-order valence-corrected chi connectivity index (χ3v) is 2.95. The fourth-order valence-corrected chi connectivity index (χ4v) is 1.80. The van der Waals surface area contributed by atoms with E-state index in [1.165, 1.54) is 0 Å². The van der Waals surface area contributed by atoms with E-state index in [1.807, 2.05) is 11.8 Å². The van der Waals surface area contributed by atoms with Crippen molar-refractivity contribution in [2.24, 2.45) is 11.7 Å². The molecule has 16 heavy (non-hydrogen) atoms. The summed E-state index contributed by atoms with van der Waals surface area (Å²) in [6, 6.07) is 0.145. The van der Waals surface area contributed by atoms with Gasteiger partial charge in [-0.15, -0.1) is 0 Å². The monoisotopic (exact) mass is 228 g/mol. The van der Waals surface area contributed by atoms with Crippen LogP contribution in [-0.2, 0) is 9.53 Å². The molecule has 1 saturated heterocycles. The summed E-state index contributed by atoms with van der Waals surface area (Å²) in [5, 5.41) is 0. The van der Waals surface area contributed by atoms with Crippen LogP contribution in [0.1, 0.15) is 33.6 Å². The fourth-order valence-electron chi connectivity index (χ4n) is 1.80. The Hall–Kier alpha value is -0.610. The van der Waals surface area contributed by atoms with Crippen molar-refractivity contribution in [1.29, 1.82) is 0 Å². The number of hydrogen-bond acceptors (Lipinski definition) is 3. The van der Waals surface area contributed by atoms with E-state index < -0.39 is 0 Å². The van der Waals surface area contributed by atoms with Gasteiger partial charge >= 0.3 is 0 Å². The maximum Gasteiger partial charge on any atom is 0.251 e. The van der Waals surface area contributed by atoms with Gasteiger partial charge in [0.15, 0.2) is 0 Å². The first-order valence-electron chi connectivity index (χ1n) is 6.16. The summed E-state index contributed by atoms with van der Waals surface area (Å²) < 4.78 is 5.53. The highest BCUT2D eigenvalue weighted by Gasteiger charge is 2.27. The van der Waals surface area contributed by atoms with Gasteiger partial charge in [-0.1, -0.05) is 13.8 Å². The lowest BCUT2D eigenvalue weighted by Crippen LogP contribution is -2.39. The van der Waals surface area contributed by atoms with Gasteiger partial charge in [0.05, 0.1) is 0 Å². The number of rotatable bonds is 5. The van der Waals surface area contributed by atoms with E-state index in [-0.39, 0.29) is 18.1 Å². The molecule has 1 rings (SSSR count). The van der Waals surface area contributed by atoms with E-state index in [9.17, 15) is 4.79 Å². The number of likely N-dealkylation sites (tertiary alicyclic amines) is 1. The maximum absolute atomic E-state index is 11.9. The Balaban J connectivity index is 2.25. The van der Waals surface area contributed by atoms with Crippen LogP contribution in [0.4, 0.5) is 0 Å². The van der Waals surface area contributed by atoms with Gasteiger partial charge in [0, 0.05) is 25.7 Å². The van der Waals surface area contributed by atoms with Gasteiger partial charge in [0.1, 0.15) is 6.10 Å². The van der Waals surface area contributed by atoms with Crippen LogP contribution in [0.5, 0.6) is 0 Å². The minimum Gasteiger partial charge on any atom is -0.369 e. The molecule has 1 amide bonds. The number of carbonyl (C=O) groups is 1. The van der Waals surface area contributed by atoms with Gasteiger partial charge in [0.25, 0.3) is 5.91 Å². The van der Waals surface area contributed by atoms with E-state index >= 15 is 0 Å². The van der Waals surface area contributed by atoms with Crippen molar-refractivity contribution in [3.05, 3.63) is 0 Å². The van der Waals surface area contributed by atoms with Crippen LogP contribution in [0.2, 0.25) is 0 Å². The fraction of sp³-hybridized carbons (Fsp3) is 0.917. The number of amides is 1. The second kappa shape index (κ2) is 6.21. The first-order chi connectivity index (χ1) is 7.50. The van der Waals surface area contributed by atoms with E-state index in [0.717, 1.165) is 19.4 Å². The normalized spacial score (nSPS) is 22.8. The van der Waals surface area contributed by atoms with Crippen LogP contribution in [0.3, 0.4) is 0 Å². The Labute approximate surface area is 98.1 Å². The Bertz CT molecular complexity index is 231. The first kappa shape index (κ1) is 13.5. The molecular weight excluding hydrogens is 204 g/mol. The summed E-state index contributed by atoms with van der Waals surface area (Å²) in [6.45, 7) is 8.23. The zero-order valence-electron chi connectivity index (χ0n) is 10.6. The molecular formula is C12H24N2O2. The molecule has 4 heteroatoms. The molecule has 2 atom stereocenters. The van der Waals surface area contributed by atoms with Crippen molar-refractivity contribution >= 4 is 5.91 Å². The molecule has 4 nitrogen and oxygen atoms in total. The zero-order chi connectivity index (χ0) is 12.1. The van der Waals surface area contributed by atoms with Crippen LogP contribution in [0, 0.1) is 5.92 Å². The Kier molecular flexibility index (Phi) is 5.22. The Morgan fingerprint density at radius 1 is 1.50 bits per heavy atom. The summed E-state index contributed by atoms with van der Waals surface area (Å²) in [7, 11) is 0. The molecule has 0 aromatic carbocycles. The third kappa shape index (κ3) is 4.10. The standard InChI is InChI=1S/C12H24N2O2/c1-9(2)5-7-16-10(3)12(15)14-6-4-11(13)8-14/h9-11H,4-8,13H2,1-3H3/t10?,11-/m1/s1. The first-order valence-corrected chi connectivity index (χ1v) is 6.16. The minimum atomic E-state index is -0.330.